The van der Waals surface area contributed by atoms with Crippen LogP contribution in [0.2, 0.25) is 5.02 Å². The number of benzene rings is 1. The zero-order valence-electron chi connectivity index (χ0n) is 12.1. The summed E-state index contributed by atoms with van der Waals surface area (Å²) in [6, 6.07) is 3.89. The van der Waals surface area contributed by atoms with Crippen LogP contribution >= 0.6 is 27.5 Å². The topological polar surface area (TPSA) is 12.0 Å². The molecule has 3 aliphatic carbocycles. The van der Waals surface area contributed by atoms with E-state index in [0.717, 1.165) is 35.8 Å². The highest BCUT2D eigenvalue weighted by Gasteiger charge is 2.66. The molecule has 3 saturated carbocycles. The van der Waals surface area contributed by atoms with Gasteiger partial charge in [0, 0.05) is 16.1 Å². The van der Waals surface area contributed by atoms with E-state index in [2.05, 4.69) is 28.2 Å². The van der Waals surface area contributed by atoms with Gasteiger partial charge < -0.3 is 5.32 Å². The van der Waals surface area contributed by atoms with Gasteiger partial charge in [0.1, 0.15) is 5.82 Å². The molecule has 1 N–H and O–H groups in total. The van der Waals surface area contributed by atoms with Crippen LogP contribution in [0.3, 0.4) is 0 Å². The van der Waals surface area contributed by atoms with E-state index in [1.54, 1.807) is 0 Å². The van der Waals surface area contributed by atoms with E-state index in [1.165, 1.54) is 19.3 Å². The minimum absolute atomic E-state index is 0.124. The molecule has 5 unspecified atom stereocenters. The molecule has 114 valence electrons. The highest BCUT2D eigenvalue weighted by Crippen LogP contribution is 2.72. The predicted molar refractivity (Wildman–Crippen MR) is 86.8 cm³/mol. The summed E-state index contributed by atoms with van der Waals surface area (Å²) in [5.41, 5.74) is 0.754. The fourth-order valence-electron chi connectivity index (χ4n) is 5.29. The van der Waals surface area contributed by atoms with Gasteiger partial charge >= 0.3 is 0 Å². The van der Waals surface area contributed by atoms with Crippen molar-refractivity contribution >= 4 is 27.5 Å². The third-order valence-electron chi connectivity index (χ3n) is 6.00. The third kappa shape index (κ3) is 2.11. The first kappa shape index (κ1) is 14.5. The molecule has 4 rings (SSSR count). The Bertz CT molecular complexity index is 562. The maximum Gasteiger partial charge on any atom is 0.147 e. The van der Waals surface area contributed by atoms with Crippen LogP contribution in [0.1, 0.15) is 37.8 Å². The molecule has 1 aromatic rings. The van der Waals surface area contributed by atoms with Crippen LogP contribution in [0.15, 0.2) is 16.6 Å². The number of hydrogen-bond donors (Lipinski definition) is 1. The van der Waals surface area contributed by atoms with Crippen LogP contribution in [0, 0.1) is 35.4 Å². The Labute approximate surface area is 138 Å². The van der Waals surface area contributed by atoms with Crippen molar-refractivity contribution in [3.05, 3.63) is 33.0 Å². The number of halogens is 3. The van der Waals surface area contributed by atoms with Crippen molar-refractivity contribution in [1.29, 1.82) is 0 Å². The standard InChI is InChI=1S/C17H20BrClFN/c1-2-21-17(10-5-6-11(18)15(19)16(10)20)14-12-8-3-4-9(7-8)13(12)14/h5-6,8-9,12-14,17,21H,2-4,7H2,1H3. The van der Waals surface area contributed by atoms with E-state index >= 15 is 0 Å². The van der Waals surface area contributed by atoms with Crippen LogP contribution in [0.5, 0.6) is 0 Å². The molecular formula is C17H20BrClFN. The van der Waals surface area contributed by atoms with E-state index < -0.39 is 0 Å². The molecule has 0 amide bonds. The van der Waals surface area contributed by atoms with Gasteiger partial charge in [-0.2, -0.15) is 0 Å². The van der Waals surface area contributed by atoms with Crippen LogP contribution in [0.4, 0.5) is 4.39 Å². The van der Waals surface area contributed by atoms with Gasteiger partial charge in [0.2, 0.25) is 0 Å². The van der Waals surface area contributed by atoms with Gasteiger partial charge in [-0.3, -0.25) is 0 Å². The SMILES string of the molecule is CCNC(c1ccc(Br)c(Cl)c1F)C1C2C3CCC(C3)C21. The zero-order chi connectivity index (χ0) is 14.7. The van der Waals surface area contributed by atoms with Gasteiger partial charge in [-0.1, -0.05) is 24.6 Å². The Morgan fingerprint density at radius 1 is 1.33 bits per heavy atom. The average molecular weight is 373 g/mol. The van der Waals surface area contributed by atoms with Crippen molar-refractivity contribution in [3.8, 4) is 0 Å². The lowest BCUT2D eigenvalue weighted by atomic mass is 9.92. The summed E-state index contributed by atoms with van der Waals surface area (Å²) in [6.07, 6.45) is 4.21. The van der Waals surface area contributed by atoms with Crippen molar-refractivity contribution in [3.63, 3.8) is 0 Å². The largest absolute Gasteiger partial charge is 0.310 e. The number of rotatable bonds is 4. The second-order valence-electron chi connectivity index (χ2n) is 6.87. The summed E-state index contributed by atoms with van der Waals surface area (Å²) in [6.45, 7) is 2.96. The highest BCUT2D eigenvalue weighted by atomic mass is 79.9. The predicted octanol–water partition coefficient (Wildman–Crippen LogP) is 5.18. The second kappa shape index (κ2) is 5.21. The molecule has 5 atom stereocenters. The molecule has 21 heavy (non-hydrogen) atoms. The Morgan fingerprint density at radius 2 is 2.00 bits per heavy atom. The first-order valence-corrected chi connectivity index (χ1v) is 9.17. The normalized spacial score (nSPS) is 37.6. The van der Waals surface area contributed by atoms with Crippen molar-refractivity contribution in [1.82, 2.24) is 5.32 Å². The van der Waals surface area contributed by atoms with Crippen molar-refractivity contribution in [2.75, 3.05) is 6.54 Å². The molecule has 0 aromatic heterocycles. The smallest absolute Gasteiger partial charge is 0.147 e. The molecule has 0 heterocycles. The van der Waals surface area contributed by atoms with Gasteiger partial charge in [-0.05, 0) is 77.4 Å². The summed E-state index contributed by atoms with van der Waals surface area (Å²) < 4.78 is 15.2. The fraction of sp³-hybridized carbons (Fsp3) is 0.647. The van der Waals surface area contributed by atoms with Gasteiger partial charge in [0.15, 0.2) is 0 Å². The molecular weight excluding hydrogens is 353 g/mol. The Morgan fingerprint density at radius 3 is 2.62 bits per heavy atom. The number of hydrogen-bond acceptors (Lipinski definition) is 1. The van der Waals surface area contributed by atoms with Crippen molar-refractivity contribution in [2.24, 2.45) is 29.6 Å². The molecule has 0 saturated heterocycles. The summed E-state index contributed by atoms with van der Waals surface area (Å²) in [7, 11) is 0. The molecule has 4 heteroatoms. The molecule has 1 nitrogen and oxygen atoms in total. The molecule has 1 aromatic carbocycles. The monoisotopic (exact) mass is 371 g/mol. The molecule has 0 spiro atoms. The lowest BCUT2D eigenvalue weighted by Crippen LogP contribution is -2.26. The second-order valence-corrected chi connectivity index (χ2v) is 8.10. The summed E-state index contributed by atoms with van der Waals surface area (Å²) in [5, 5.41) is 3.74. The van der Waals surface area contributed by atoms with Crippen molar-refractivity contribution in [2.45, 2.75) is 32.2 Å². The van der Waals surface area contributed by atoms with E-state index in [4.69, 9.17) is 11.6 Å². The highest BCUT2D eigenvalue weighted by molar-refractivity contribution is 9.10. The maximum atomic E-state index is 14.6. The first-order chi connectivity index (χ1) is 10.1. The molecule has 0 radical (unpaired) electrons. The lowest BCUT2D eigenvalue weighted by Gasteiger charge is -2.23. The number of fused-ring (bicyclic) bond motifs is 5. The fourth-order valence-corrected chi connectivity index (χ4v) is 5.77. The molecule has 3 fully saturated rings. The van der Waals surface area contributed by atoms with Crippen LogP contribution in [0.25, 0.3) is 0 Å². The van der Waals surface area contributed by atoms with Crippen molar-refractivity contribution < 1.29 is 4.39 Å². The van der Waals surface area contributed by atoms with Gasteiger partial charge in [0.25, 0.3) is 0 Å². The van der Waals surface area contributed by atoms with E-state index in [-0.39, 0.29) is 16.9 Å². The van der Waals surface area contributed by atoms with Crippen LogP contribution < -0.4 is 5.32 Å². The average Bonchev–Trinajstić information content (AvgIpc) is 2.88. The van der Waals surface area contributed by atoms with E-state index in [1.807, 2.05) is 12.1 Å². The third-order valence-corrected chi connectivity index (χ3v) is 7.26. The zero-order valence-corrected chi connectivity index (χ0v) is 14.4. The first-order valence-electron chi connectivity index (χ1n) is 8.00. The quantitative estimate of drug-likeness (QED) is 0.718. The Kier molecular flexibility index (Phi) is 3.59. The van der Waals surface area contributed by atoms with Gasteiger partial charge in [0.05, 0.1) is 5.02 Å². The van der Waals surface area contributed by atoms with Crippen LogP contribution in [-0.4, -0.2) is 6.54 Å². The lowest BCUT2D eigenvalue weighted by molar-refractivity contribution is 0.366. The van der Waals surface area contributed by atoms with Gasteiger partial charge in [-0.25, -0.2) is 4.39 Å². The molecule has 0 aliphatic heterocycles. The Balaban J connectivity index is 1.66. The van der Waals surface area contributed by atoms with E-state index in [9.17, 15) is 4.39 Å². The minimum Gasteiger partial charge on any atom is -0.310 e. The summed E-state index contributed by atoms with van der Waals surface area (Å²) in [4.78, 5) is 0. The van der Waals surface area contributed by atoms with Gasteiger partial charge in [-0.15, -0.1) is 0 Å². The molecule has 2 bridgehead atoms. The minimum atomic E-state index is -0.255. The van der Waals surface area contributed by atoms with Crippen LogP contribution in [-0.2, 0) is 0 Å². The molecule has 3 aliphatic rings. The Hall–Kier alpha value is -0.120. The van der Waals surface area contributed by atoms with E-state index in [0.29, 0.717) is 10.4 Å². The summed E-state index contributed by atoms with van der Waals surface area (Å²) in [5.74, 6) is 3.82. The number of nitrogens with one attached hydrogen (secondary N) is 1. The maximum absolute atomic E-state index is 14.6. The summed E-state index contributed by atoms with van der Waals surface area (Å²) >= 11 is 9.40.